The highest BCUT2D eigenvalue weighted by Crippen LogP contribution is 2.39. The minimum atomic E-state index is -0.526. The summed E-state index contributed by atoms with van der Waals surface area (Å²) < 4.78 is 0. The van der Waals surface area contributed by atoms with E-state index in [0.717, 1.165) is 30.0 Å². The van der Waals surface area contributed by atoms with Gasteiger partial charge in [0.05, 0.1) is 10.6 Å². The van der Waals surface area contributed by atoms with Gasteiger partial charge in [-0.15, -0.1) is 11.3 Å². The second-order valence-corrected chi connectivity index (χ2v) is 6.39. The third kappa shape index (κ3) is 2.46. The Bertz CT molecular complexity index is 363. The van der Waals surface area contributed by atoms with Crippen molar-refractivity contribution in [1.82, 2.24) is 4.98 Å². The third-order valence-corrected chi connectivity index (χ3v) is 4.80. The molecule has 1 aromatic rings. The predicted octanol–water partition coefficient (Wildman–Crippen LogP) is 3.18. The van der Waals surface area contributed by atoms with Crippen LogP contribution in [0.3, 0.4) is 0 Å². The molecule has 3 atom stereocenters. The van der Waals surface area contributed by atoms with E-state index in [1.165, 1.54) is 6.42 Å². The van der Waals surface area contributed by atoms with Crippen LogP contribution in [0.25, 0.3) is 0 Å². The Labute approximate surface area is 102 Å². The molecule has 1 saturated carbocycles. The van der Waals surface area contributed by atoms with Crippen LogP contribution >= 0.6 is 11.3 Å². The molecule has 2 nitrogen and oxygen atoms in total. The lowest BCUT2D eigenvalue weighted by Gasteiger charge is -2.40. The summed E-state index contributed by atoms with van der Waals surface area (Å²) in [5.41, 5.74) is 0.544. The van der Waals surface area contributed by atoms with Crippen LogP contribution in [0.15, 0.2) is 5.38 Å². The summed E-state index contributed by atoms with van der Waals surface area (Å²) in [6.07, 6.45) is 4.05. The molecule has 16 heavy (non-hydrogen) atoms. The van der Waals surface area contributed by atoms with Gasteiger partial charge in [-0.05, 0) is 31.6 Å². The van der Waals surface area contributed by atoms with Crippen LogP contribution in [0.2, 0.25) is 0 Å². The molecule has 1 aliphatic carbocycles. The highest BCUT2D eigenvalue weighted by molar-refractivity contribution is 7.09. The summed E-state index contributed by atoms with van der Waals surface area (Å²) in [6, 6.07) is 0. The van der Waals surface area contributed by atoms with Gasteiger partial charge >= 0.3 is 0 Å². The number of thiazole rings is 1. The predicted molar refractivity (Wildman–Crippen MR) is 67.7 cm³/mol. The number of aromatic nitrogens is 1. The minimum absolute atomic E-state index is 0.396. The quantitative estimate of drug-likeness (QED) is 0.860. The second-order valence-electron chi connectivity index (χ2n) is 5.45. The number of hydrogen-bond donors (Lipinski definition) is 1. The summed E-state index contributed by atoms with van der Waals surface area (Å²) in [5.74, 6) is 1.04. The molecule has 3 unspecified atom stereocenters. The lowest BCUT2D eigenvalue weighted by molar-refractivity contribution is -0.0560. The van der Waals surface area contributed by atoms with Gasteiger partial charge in [0, 0.05) is 17.5 Å². The van der Waals surface area contributed by atoms with Gasteiger partial charge in [0.25, 0.3) is 0 Å². The molecule has 0 radical (unpaired) electrons. The maximum Gasteiger partial charge on any atom is 0.0956 e. The van der Waals surface area contributed by atoms with Gasteiger partial charge in [0.15, 0.2) is 0 Å². The summed E-state index contributed by atoms with van der Waals surface area (Å²) >= 11 is 1.67. The van der Waals surface area contributed by atoms with Crippen LogP contribution in [0.4, 0.5) is 0 Å². The Kier molecular flexibility index (Phi) is 3.36. The number of hydrogen-bond acceptors (Lipinski definition) is 3. The van der Waals surface area contributed by atoms with Gasteiger partial charge in [-0.1, -0.05) is 20.3 Å². The van der Waals surface area contributed by atoms with Crippen molar-refractivity contribution in [2.24, 2.45) is 11.8 Å². The van der Waals surface area contributed by atoms with E-state index in [-0.39, 0.29) is 0 Å². The van der Waals surface area contributed by atoms with Crippen LogP contribution in [0.5, 0.6) is 0 Å². The highest BCUT2D eigenvalue weighted by atomic mass is 32.1. The lowest BCUT2D eigenvalue weighted by atomic mass is 9.70. The molecular weight excluding hydrogens is 218 g/mol. The summed E-state index contributed by atoms with van der Waals surface area (Å²) in [4.78, 5) is 4.47. The zero-order chi connectivity index (χ0) is 11.8. The van der Waals surface area contributed by atoms with Crippen molar-refractivity contribution in [2.75, 3.05) is 0 Å². The maximum absolute atomic E-state index is 10.7. The van der Waals surface area contributed by atoms with Crippen LogP contribution in [0, 0.1) is 18.8 Å². The molecule has 1 N–H and O–H groups in total. The topological polar surface area (TPSA) is 33.1 Å². The molecule has 3 heteroatoms. The van der Waals surface area contributed by atoms with Gasteiger partial charge in [-0.2, -0.15) is 0 Å². The van der Waals surface area contributed by atoms with Gasteiger partial charge in [-0.3, -0.25) is 0 Å². The molecule has 2 rings (SSSR count). The van der Waals surface area contributed by atoms with E-state index in [4.69, 9.17) is 0 Å². The third-order valence-electron chi connectivity index (χ3n) is 3.84. The molecule has 1 fully saturated rings. The largest absolute Gasteiger partial charge is 0.389 e. The number of rotatable bonds is 2. The van der Waals surface area contributed by atoms with Crippen LogP contribution in [0.1, 0.15) is 43.8 Å². The van der Waals surface area contributed by atoms with E-state index >= 15 is 0 Å². The number of aryl methyl sites for hydroxylation is 1. The Balaban J connectivity index is 2.11. The second kappa shape index (κ2) is 4.46. The molecule has 1 heterocycles. The summed E-state index contributed by atoms with van der Waals surface area (Å²) in [5, 5.41) is 13.9. The number of aliphatic hydroxyl groups is 1. The average Bonchev–Trinajstić information content (AvgIpc) is 2.58. The van der Waals surface area contributed by atoms with Gasteiger partial charge < -0.3 is 5.11 Å². The smallest absolute Gasteiger partial charge is 0.0956 e. The zero-order valence-electron chi connectivity index (χ0n) is 10.4. The van der Waals surface area contributed by atoms with E-state index in [2.05, 4.69) is 24.2 Å². The first-order valence-corrected chi connectivity index (χ1v) is 7.01. The molecule has 0 aliphatic heterocycles. The molecule has 1 aromatic heterocycles. The molecule has 0 bridgehead atoms. The van der Waals surface area contributed by atoms with Gasteiger partial charge in [-0.25, -0.2) is 4.98 Å². The molecule has 0 spiro atoms. The molecule has 0 aromatic carbocycles. The first-order chi connectivity index (χ1) is 7.49. The minimum Gasteiger partial charge on any atom is -0.389 e. The Morgan fingerprint density at radius 3 is 2.88 bits per heavy atom. The lowest BCUT2D eigenvalue weighted by Crippen LogP contribution is -2.43. The fourth-order valence-corrected chi connectivity index (χ4v) is 3.59. The Morgan fingerprint density at radius 2 is 2.25 bits per heavy atom. The van der Waals surface area contributed by atoms with Crippen molar-refractivity contribution in [3.8, 4) is 0 Å². The molecule has 0 saturated heterocycles. The zero-order valence-corrected chi connectivity index (χ0v) is 11.2. The van der Waals surface area contributed by atoms with Crippen molar-refractivity contribution in [3.05, 3.63) is 16.1 Å². The van der Waals surface area contributed by atoms with E-state index in [1.807, 2.05) is 6.92 Å². The van der Waals surface area contributed by atoms with Crippen molar-refractivity contribution >= 4 is 11.3 Å². The molecule has 1 aliphatic rings. The molecular formula is C13H21NOS. The van der Waals surface area contributed by atoms with E-state index < -0.39 is 5.60 Å². The van der Waals surface area contributed by atoms with Crippen molar-refractivity contribution < 1.29 is 5.11 Å². The van der Waals surface area contributed by atoms with E-state index in [1.54, 1.807) is 11.3 Å². The van der Waals surface area contributed by atoms with E-state index in [0.29, 0.717) is 11.8 Å². The summed E-state index contributed by atoms with van der Waals surface area (Å²) in [7, 11) is 0. The van der Waals surface area contributed by atoms with Crippen molar-refractivity contribution in [3.63, 3.8) is 0 Å². The van der Waals surface area contributed by atoms with Crippen LogP contribution in [-0.2, 0) is 6.42 Å². The maximum atomic E-state index is 10.7. The first kappa shape index (κ1) is 12.1. The van der Waals surface area contributed by atoms with Crippen molar-refractivity contribution in [1.29, 1.82) is 0 Å². The van der Waals surface area contributed by atoms with Gasteiger partial charge in [0.1, 0.15) is 0 Å². The van der Waals surface area contributed by atoms with Crippen LogP contribution in [-0.4, -0.2) is 15.7 Å². The standard InChI is InChI=1S/C13H21NOS/c1-9-4-5-10(2)13(15,6-9)7-12-14-11(3)8-16-12/h8-10,15H,4-7H2,1-3H3. The SMILES string of the molecule is Cc1csc(CC2(O)CC(C)CCC2C)n1. The average molecular weight is 239 g/mol. The molecule has 90 valence electrons. The van der Waals surface area contributed by atoms with E-state index in [9.17, 15) is 5.11 Å². The summed E-state index contributed by atoms with van der Waals surface area (Å²) in [6.45, 7) is 6.42. The highest BCUT2D eigenvalue weighted by Gasteiger charge is 2.39. The Morgan fingerprint density at radius 1 is 1.50 bits per heavy atom. The molecule has 0 amide bonds. The number of nitrogens with zero attached hydrogens (tertiary/aromatic N) is 1. The normalized spacial score (nSPS) is 35.2. The van der Waals surface area contributed by atoms with Gasteiger partial charge in [0.2, 0.25) is 0 Å². The fraction of sp³-hybridized carbons (Fsp3) is 0.769. The van der Waals surface area contributed by atoms with Crippen LogP contribution < -0.4 is 0 Å². The Hall–Kier alpha value is -0.410. The van der Waals surface area contributed by atoms with Crippen molar-refractivity contribution in [2.45, 2.75) is 52.1 Å². The fourth-order valence-electron chi connectivity index (χ4n) is 2.70. The monoisotopic (exact) mass is 239 g/mol. The first-order valence-electron chi connectivity index (χ1n) is 6.13.